The SMILES string of the molecule is CC[C@H](NCc1ccc2cc(OC)ccc2c1)c1cccc2ccccc12. The fraction of sp³-hybridized carbons (Fsp3) is 0.200. The molecule has 2 heteroatoms. The predicted molar refractivity (Wildman–Crippen MR) is 114 cm³/mol. The van der Waals surface area contributed by atoms with Crippen molar-refractivity contribution in [3.8, 4) is 5.75 Å². The van der Waals surface area contributed by atoms with Crippen LogP contribution >= 0.6 is 0 Å². The average Bonchev–Trinajstić information content (AvgIpc) is 2.73. The Balaban J connectivity index is 1.56. The molecule has 1 atom stereocenters. The molecule has 27 heavy (non-hydrogen) atoms. The third kappa shape index (κ3) is 3.67. The number of hydrogen-bond donors (Lipinski definition) is 1. The highest BCUT2D eigenvalue weighted by Crippen LogP contribution is 2.27. The smallest absolute Gasteiger partial charge is 0.119 e. The molecule has 4 aromatic carbocycles. The molecule has 0 unspecified atom stereocenters. The fourth-order valence-electron chi connectivity index (χ4n) is 3.78. The van der Waals surface area contributed by atoms with Crippen molar-refractivity contribution in [2.45, 2.75) is 25.9 Å². The van der Waals surface area contributed by atoms with E-state index >= 15 is 0 Å². The fourth-order valence-corrected chi connectivity index (χ4v) is 3.78. The Labute approximate surface area is 160 Å². The van der Waals surface area contributed by atoms with Gasteiger partial charge in [-0.3, -0.25) is 0 Å². The van der Waals surface area contributed by atoms with Gasteiger partial charge in [-0.2, -0.15) is 0 Å². The maximum Gasteiger partial charge on any atom is 0.119 e. The highest BCUT2D eigenvalue weighted by Gasteiger charge is 2.12. The maximum atomic E-state index is 5.32. The van der Waals surface area contributed by atoms with Crippen LogP contribution < -0.4 is 10.1 Å². The Bertz CT molecular complexity index is 1060. The normalized spacial score (nSPS) is 12.4. The van der Waals surface area contributed by atoms with Crippen molar-refractivity contribution in [2.75, 3.05) is 7.11 Å². The number of hydrogen-bond acceptors (Lipinski definition) is 2. The quantitative estimate of drug-likeness (QED) is 0.442. The molecule has 0 aliphatic heterocycles. The zero-order valence-corrected chi connectivity index (χ0v) is 15.9. The van der Waals surface area contributed by atoms with E-state index in [0.29, 0.717) is 6.04 Å². The largest absolute Gasteiger partial charge is 0.497 e. The second-order valence-corrected chi connectivity index (χ2v) is 6.96. The molecule has 0 fully saturated rings. The molecule has 0 heterocycles. The van der Waals surface area contributed by atoms with E-state index in [2.05, 4.69) is 85.0 Å². The van der Waals surface area contributed by atoms with Crippen LogP contribution in [0.15, 0.2) is 78.9 Å². The van der Waals surface area contributed by atoms with Crippen molar-refractivity contribution in [2.24, 2.45) is 0 Å². The van der Waals surface area contributed by atoms with Crippen molar-refractivity contribution in [3.05, 3.63) is 90.0 Å². The van der Waals surface area contributed by atoms with Crippen LogP contribution in [0.5, 0.6) is 5.75 Å². The van der Waals surface area contributed by atoms with Crippen LogP contribution in [0.2, 0.25) is 0 Å². The van der Waals surface area contributed by atoms with E-state index in [1.54, 1.807) is 7.11 Å². The van der Waals surface area contributed by atoms with Gasteiger partial charge in [0.05, 0.1) is 7.11 Å². The summed E-state index contributed by atoms with van der Waals surface area (Å²) < 4.78 is 5.32. The summed E-state index contributed by atoms with van der Waals surface area (Å²) in [5.41, 5.74) is 2.67. The van der Waals surface area contributed by atoms with Crippen molar-refractivity contribution in [1.29, 1.82) is 0 Å². The van der Waals surface area contributed by atoms with Crippen LogP contribution in [-0.4, -0.2) is 7.11 Å². The minimum atomic E-state index is 0.336. The third-order valence-corrected chi connectivity index (χ3v) is 5.27. The molecule has 0 bridgehead atoms. The molecular formula is C25H25NO. The number of methoxy groups -OCH3 is 1. The first kappa shape index (κ1) is 17.6. The topological polar surface area (TPSA) is 21.3 Å². The van der Waals surface area contributed by atoms with Gasteiger partial charge in [0.1, 0.15) is 5.75 Å². The first-order valence-electron chi connectivity index (χ1n) is 9.56. The van der Waals surface area contributed by atoms with Crippen molar-refractivity contribution < 1.29 is 4.74 Å². The lowest BCUT2D eigenvalue weighted by molar-refractivity contribution is 0.415. The minimum absolute atomic E-state index is 0.336. The number of benzene rings is 4. The second-order valence-electron chi connectivity index (χ2n) is 6.96. The summed E-state index contributed by atoms with van der Waals surface area (Å²) in [4.78, 5) is 0. The molecule has 2 nitrogen and oxygen atoms in total. The highest BCUT2D eigenvalue weighted by atomic mass is 16.5. The summed E-state index contributed by atoms with van der Waals surface area (Å²) >= 11 is 0. The van der Waals surface area contributed by atoms with Crippen LogP contribution in [0.25, 0.3) is 21.5 Å². The Kier molecular flexibility index (Phi) is 5.08. The molecule has 136 valence electrons. The Hall–Kier alpha value is -2.84. The minimum Gasteiger partial charge on any atom is -0.497 e. The monoisotopic (exact) mass is 355 g/mol. The second kappa shape index (κ2) is 7.81. The summed E-state index contributed by atoms with van der Waals surface area (Å²) in [5.74, 6) is 0.898. The van der Waals surface area contributed by atoms with Gasteiger partial charge in [0.2, 0.25) is 0 Å². The number of rotatable bonds is 6. The van der Waals surface area contributed by atoms with E-state index in [-0.39, 0.29) is 0 Å². The van der Waals surface area contributed by atoms with E-state index in [1.807, 2.05) is 6.07 Å². The van der Waals surface area contributed by atoms with Crippen LogP contribution in [0.1, 0.15) is 30.5 Å². The van der Waals surface area contributed by atoms with E-state index in [0.717, 1.165) is 18.7 Å². The number of fused-ring (bicyclic) bond motifs is 2. The zero-order chi connectivity index (χ0) is 18.6. The Morgan fingerprint density at radius 1 is 0.815 bits per heavy atom. The van der Waals surface area contributed by atoms with Gasteiger partial charge in [0.25, 0.3) is 0 Å². The molecule has 1 N–H and O–H groups in total. The molecule has 4 aromatic rings. The summed E-state index contributed by atoms with van der Waals surface area (Å²) in [6.45, 7) is 3.09. The molecule has 0 saturated heterocycles. The standard InChI is InChI=1S/C25H25NO/c1-3-25(24-10-6-8-19-7-4-5-9-23(19)24)26-17-18-11-12-21-16-22(27-2)14-13-20(21)15-18/h4-16,25-26H,3,17H2,1-2H3/t25-/m0/s1. The van der Waals surface area contributed by atoms with Gasteiger partial charge in [-0.15, -0.1) is 0 Å². The summed E-state index contributed by atoms with van der Waals surface area (Å²) in [6, 6.07) is 28.4. The molecule has 0 aliphatic carbocycles. The summed E-state index contributed by atoms with van der Waals surface area (Å²) in [7, 11) is 1.71. The molecule has 0 aromatic heterocycles. The Morgan fingerprint density at radius 2 is 1.59 bits per heavy atom. The summed E-state index contributed by atoms with van der Waals surface area (Å²) in [6.07, 6.45) is 1.05. The average molecular weight is 355 g/mol. The van der Waals surface area contributed by atoms with Gasteiger partial charge in [-0.1, -0.05) is 67.6 Å². The molecule has 0 saturated carbocycles. The van der Waals surface area contributed by atoms with Gasteiger partial charge in [0, 0.05) is 12.6 Å². The van der Waals surface area contributed by atoms with Crippen LogP contribution in [0, 0.1) is 0 Å². The van der Waals surface area contributed by atoms with Gasteiger partial charge >= 0.3 is 0 Å². The lowest BCUT2D eigenvalue weighted by Crippen LogP contribution is -2.20. The first-order valence-corrected chi connectivity index (χ1v) is 9.56. The highest BCUT2D eigenvalue weighted by molar-refractivity contribution is 5.86. The molecule has 0 radical (unpaired) electrons. The van der Waals surface area contributed by atoms with Gasteiger partial charge in [-0.25, -0.2) is 0 Å². The van der Waals surface area contributed by atoms with E-state index < -0.39 is 0 Å². The van der Waals surface area contributed by atoms with E-state index in [9.17, 15) is 0 Å². The van der Waals surface area contributed by atoms with Crippen molar-refractivity contribution in [1.82, 2.24) is 5.32 Å². The number of nitrogens with one attached hydrogen (secondary N) is 1. The summed E-state index contributed by atoms with van der Waals surface area (Å²) in [5, 5.41) is 8.85. The first-order chi connectivity index (χ1) is 13.3. The molecular weight excluding hydrogens is 330 g/mol. The lowest BCUT2D eigenvalue weighted by atomic mass is 9.97. The number of ether oxygens (including phenoxy) is 1. The predicted octanol–water partition coefficient (Wildman–Crippen LogP) is 6.24. The Morgan fingerprint density at radius 3 is 2.44 bits per heavy atom. The third-order valence-electron chi connectivity index (χ3n) is 5.27. The van der Waals surface area contributed by atoms with Gasteiger partial charge < -0.3 is 10.1 Å². The van der Waals surface area contributed by atoms with Crippen molar-refractivity contribution >= 4 is 21.5 Å². The van der Waals surface area contributed by atoms with Crippen LogP contribution in [-0.2, 0) is 6.54 Å². The van der Waals surface area contributed by atoms with Crippen LogP contribution in [0.4, 0.5) is 0 Å². The van der Waals surface area contributed by atoms with Crippen molar-refractivity contribution in [3.63, 3.8) is 0 Å². The van der Waals surface area contributed by atoms with Crippen LogP contribution in [0.3, 0.4) is 0 Å². The lowest BCUT2D eigenvalue weighted by Gasteiger charge is -2.20. The molecule has 0 aliphatic rings. The molecule has 0 amide bonds. The van der Waals surface area contributed by atoms with E-state index in [1.165, 1.54) is 32.7 Å². The molecule has 4 rings (SSSR count). The molecule has 0 spiro atoms. The van der Waals surface area contributed by atoms with Gasteiger partial charge in [0.15, 0.2) is 0 Å². The van der Waals surface area contributed by atoms with E-state index in [4.69, 9.17) is 4.74 Å². The van der Waals surface area contributed by atoms with Gasteiger partial charge in [-0.05, 0) is 57.3 Å². The maximum absolute atomic E-state index is 5.32. The zero-order valence-electron chi connectivity index (χ0n) is 15.9.